The predicted molar refractivity (Wildman–Crippen MR) is 87.1 cm³/mol. The minimum atomic E-state index is 0.193. The molecule has 0 aliphatic heterocycles. The average molecular weight is 276 g/mol. The van der Waals surface area contributed by atoms with Gasteiger partial charge in [0.15, 0.2) is 0 Å². The average Bonchev–Trinajstić information content (AvgIpc) is 2.91. The van der Waals surface area contributed by atoms with Gasteiger partial charge in [0.2, 0.25) is 5.88 Å². The second kappa shape index (κ2) is 5.75. The van der Waals surface area contributed by atoms with Crippen molar-refractivity contribution in [3.63, 3.8) is 0 Å². The molecule has 21 heavy (non-hydrogen) atoms. The number of furan rings is 1. The van der Waals surface area contributed by atoms with Crippen molar-refractivity contribution in [3.8, 4) is 0 Å². The molecule has 1 aromatic heterocycles. The van der Waals surface area contributed by atoms with E-state index in [4.69, 9.17) is 9.83 Å². The van der Waals surface area contributed by atoms with Crippen molar-refractivity contribution in [2.24, 2.45) is 4.99 Å². The van der Waals surface area contributed by atoms with Crippen LogP contribution in [0.25, 0.3) is 11.0 Å². The molecule has 0 fully saturated rings. The van der Waals surface area contributed by atoms with Gasteiger partial charge in [-0.15, -0.1) is 0 Å². The van der Waals surface area contributed by atoms with E-state index in [0.717, 1.165) is 16.5 Å². The quantitative estimate of drug-likeness (QED) is 0.674. The van der Waals surface area contributed by atoms with Crippen LogP contribution in [0.3, 0.4) is 0 Å². The molecule has 1 heterocycles. The van der Waals surface area contributed by atoms with Gasteiger partial charge in [-0.05, 0) is 11.6 Å². The van der Waals surface area contributed by atoms with Gasteiger partial charge >= 0.3 is 0 Å². The van der Waals surface area contributed by atoms with Gasteiger partial charge in [-0.25, -0.2) is 4.99 Å². The third-order valence-corrected chi connectivity index (χ3v) is 3.50. The molecule has 3 aromatic rings. The molecule has 1 N–H and O–H groups in total. The fourth-order valence-electron chi connectivity index (χ4n) is 2.31. The minimum Gasteiger partial charge on any atom is -0.438 e. The maximum atomic E-state index is 7.57. The Bertz CT molecular complexity index is 787. The number of fused-ring (bicyclic) bond motifs is 1. The van der Waals surface area contributed by atoms with Crippen LogP contribution in [0.2, 0.25) is 0 Å². The molecule has 1 unspecified atom stereocenters. The Balaban J connectivity index is 1.94. The van der Waals surface area contributed by atoms with Crippen LogP contribution in [-0.2, 0) is 0 Å². The van der Waals surface area contributed by atoms with Gasteiger partial charge in [0.05, 0.1) is 5.56 Å². The smallest absolute Gasteiger partial charge is 0.228 e. The zero-order chi connectivity index (χ0) is 14.7. The van der Waals surface area contributed by atoms with Crippen LogP contribution in [0.4, 0.5) is 5.88 Å². The lowest BCUT2D eigenvalue weighted by atomic mass is 10.0. The highest BCUT2D eigenvalue weighted by Gasteiger charge is 2.11. The van der Waals surface area contributed by atoms with Crippen LogP contribution in [-0.4, -0.2) is 12.4 Å². The Labute approximate surface area is 123 Å². The molecular weight excluding hydrogens is 260 g/mol. The number of hydrogen-bond acceptors (Lipinski definition) is 3. The highest BCUT2D eigenvalue weighted by atomic mass is 16.3. The fourth-order valence-corrected chi connectivity index (χ4v) is 2.31. The van der Waals surface area contributed by atoms with Crippen LogP contribution in [0.1, 0.15) is 24.0 Å². The molecule has 104 valence electrons. The number of nitrogens with one attached hydrogen (secondary N) is 1. The van der Waals surface area contributed by atoms with Crippen molar-refractivity contribution in [2.75, 3.05) is 0 Å². The summed E-state index contributed by atoms with van der Waals surface area (Å²) in [4.78, 5) is 4.45. The van der Waals surface area contributed by atoms with Crippen LogP contribution in [0.5, 0.6) is 0 Å². The first kappa shape index (κ1) is 13.3. The van der Waals surface area contributed by atoms with Gasteiger partial charge < -0.3 is 9.83 Å². The first-order valence-electron chi connectivity index (χ1n) is 6.90. The maximum Gasteiger partial charge on any atom is 0.228 e. The lowest BCUT2D eigenvalue weighted by molar-refractivity contribution is 0.625. The molecule has 0 radical (unpaired) electrons. The number of para-hydroxylation sites is 1. The van der Waals surface area contributed by atoms with Gasteiger partial charge in [-0.3, -0.25) is 0 Å². The molecule has 0 amide bonds. The molecule has 3 nitrogen and oxygen atoms in total. The number of rotatable bonds is 4. The third kappa shape index (κ3) is 2.63. The number of hydrogen-bond donors (Lipinski definition) is 1. The first-order chi connectivity index (χ1) is 10.3. The van der Waals surface area contributed by atoms with Crippen molar-refractivity contribution in [2.45, 2.75) is 12.8 Å². The maximum absolute atomic E-state index is 7.57. The SMILES string of the molecule is CC(/C=N\c1oc2ccccc2c1C=N)c1ccccc1. The van der Waals surface area contributed by atoms with E-state index >= 15 is 0 Å². The van der Waals surface area contributed by atoms with Gasteiger partial charge in [-0.2, -0.15) is 0 Å². The molecule has 1 atom stereocenters. The minimum absolute atomic E-state index is 0.193. The van der Waals surface area contributed by atoms with Crippen LogP contribution >= 0.6 is 0 Å². The molecule has 0 aliphatic rings. The van der Waals surface area contributed by atoms with E-state index < -0.39 is 0 Å². The molecule has 0 spiro atoms. The summed E-state index contributed by atoms with van der Waals surface area (Å²) in [6, 6.07) is 17.9. The van der Waals surface area contributed by atoms with E-state index in [1.807, 2.05) is 48.7 Å². The fraction of sp³-hybridized carbons (Fsp3) is 0.111. The summed E-state index contributed by atoms with van der Waals surface area (Å²) >= 11 is 0. The normalized spacial score (nSPS) is 12.8. The molecule has 3 heteroatoms. The third-order valence-electron chi connectivity index (χ3n) is 3.50. The second-order valence-electron chi connectivity index (χ2n) is 4.94. The molecule has 0 aliphatic carbocycles. The Kier molecular flexibility index (Phi) is 3.65. The number of aliphatic imine (C=N–C) groups is 1. The van der Waals surface area contributed by atoms with E-state index in [2.05, 4.69) is 24.0 Å². The molecule has 0 saturated heterocycles. The summed E-state index contributed by atoms with van der Waals surface area (Å²) < 4.78 is 5.73. The van der Waals surface area contributed by atoms with Gasteiger partial charge in [0.25, 0.3) is 0 Å². The molecular formula is C18H16N2O. The van der Waals surface area contributed by atoms with Crippen LogP contribution in [0.15, 0.2) is 64.0 Å². The summed E-state index contributed by atoms with van der Waals surface area (Å²) in [6.07, 6.45) is 3.16. The standard InChI is InChI=1S/C18H16N2O/c1-13(14-7-3-2-4-8-14)12-20-18-16(11-19)15-9-5-6-10-17(15)21-18/h2-13,19H,1H3/b19-11?,20-12-. The Hall–Kier alpha value is -2.68. The van der Waals surface area contributed by atoms with Crippen molar-refractivity contribution in [3.05, 3.63) is 65.7 Å². The monoisotopic (exact) mass is 276 g/mol. The van der Waals surface area contributed by atoms with E-state index in [0.29, 0.717) is 5.88 Å². The van der Waals surface area contributed by atoms with Crippen molar-refractivity contribution in [1.82, 2.24) is 0 Å². The Morgan fingerprint density at radius 1 is 1.05 bits per heavy atom. The highest BCUT2D eigenvalue weighted by Crippen LogP contribution is 2.30. The van der Waals surface area contributed by atoms with Crippen LogP contribution < -0.4 is 0 Å². The largest absolute Gasteiger partial charge is 0.438 e. The van der Waals surface area contributed by atoms with Crippen molar-refractivity contribution >= 4 is 29.3 Å². The molecule has 3 rings (SSSR count). The molecule has 0 saturated carbocycles. The Morgan fingerprint density at radius 2 is 1.76 bits per heavy atom. The van der Waals surface area contributed by atoms with E-state index in [1.54, 1.807) is 0 Å². The van der Waals surface area contributed by atoms with E-state index in [-0.39, 0.29) is 5.92 Å². The zero-order valence-corrected chi connectivity index (χ0v) is 11.8. The summed E-state index contributed by atoms with van der Waals surface area (Å²) in [5.41, 5.74) is 2.69. The Morgan fingerprint density at radius 3 is 2.52 bits per heavy atom. The topological polar surface area (TPSA) is 49.4 Å². The van der Waals surface area contributed by atoms with Gasteiger partial charge in [0, 0.05) is 23.7 Å². The first-order valence-corrected chi connectivity index (χ1v) is 6.90. The molecule has 2 aromatic carbocycles. The predicted octanol–water partition coefficient (Wildman–Crippen LogP) is 4.94. The lowest BCUT2D eigenvalue weighted by Gasteiger charge is -2.04. The molecule has 0 bridgehead atoms. The summed E-state index contributed by atoms with van der Waals surface area (Å²) in [5.74, 6) is 0.687. The summed E-state index contributed by atoms with van der Waals surface area (Å²) in [5, 5.41) is 8.50. The summed E-state index contributed by atoms with van der Waals surface area (Å²) in [7, 11) is 0. The van der Waals surface area contributed by atoms with Crippen molar-refractivity contribution in [1.29, 1.82) is 5.41 Å². The zero-order valence-electron chi connectivity index (χ0n) is 11.8. The highest BCUT2D eigenvalue weighted by molar-refractivity contribution is 6.02. The van der Waals surface area contributed by atoms with Gasteiger partial charge in [0.1, 0.15) is 5.58 Å². The van der Waals surface area contributed by atoms with Gasteiger partial charge in [-0.1, -0.05) is 55.5 Å². The lowest BCUT2D eigenvalue weighted by Crippen LogP contribution is -1.93. The number of nitrogens with zero attached hydrogens (tertiary/aromatic N) is 1. The summed E-state index contributed by atoms with van der Waals surface area (Å²) in [6.45, 7) is 2.09. The van der Waals surface area contributed by atoms with E-state index in [9.17, 15) is 0 Å². The second-order valence-corrected chi connectivity index (χ2v) is 4.94. The van der Waals surface area contributed by atoms with Crippen molar-refractivity contribution < 1.29 is 4.42 Å². The number of benzene rings is 2. The van der Waals surface area contributed by atoms with Crippen LogP contribution in [0, 0.1) is 5.41 Å². The van der Waals surface area contributed by atoms with E-state index in [1.165, 1.54) is 11.8 Å².